The molecule has 0 rings (SSSR count). The van der Waals surface area contributed by atoms with Crippen LogP contribution in [0.25, 0.3) is 0 Å². The highest BCUT2D eigenvalue weighted by molar-refractivity contribution is 4.73. The van der Waals surface area contributed by atoms with Gasteiger partial charge in [-0.15, -0.1) is 0 Å². The van der Waals surface area contributed by atoms with Crippen LogP contribution in [0.15, 0.2) is 12.3 Å². The van der Waals surface area contributed by atoms with Crippen molar-refractivity contribution in [1.82, 2.24) is 5.32 Å². The number of methoxy groups -OCH3 is 1. The maximum atomic E-state index is 4.76. The molecule has 0 aromatic heterocycles. The highest BCUT2D eigenvalue weighted by Crippen LogP contribution is 1.84. The monoisotopic (exact) mass is 157 g/mol. The molecule has 0 bridgehead atoms. The van der Waals surface area contributed by atoms with Gasteiger partial charge in [0.2, 0.25) is 0 Å². The van der Waals surface area contributed by atoms with E-state index in [1.165, 1.54) is 12.8 Å². The second-order valence-corrected chi connectivity index (χ2v) is 2.50. The van der Waals surface area contributed by atoms with Crippen LogP contribution in [0.2, 0.25) is 0 Å². The first kappa shape index (κ1) is 10.5. The lowest BCUT2D eigenvalue weighted by atomic mass is 10.3. The summed E-state index contributed by atoms with van der Waals surface area (Å²) in [6, 6.07) is 0. The number of unbranched alkanes of at least 4 members (excludes halogenated alkanes) is 1. The first-order valence-electron chi connectivity index (χ1n) is 4.30. The Morgan fingerprint density at radius 3 is 2.82 bits per heavy atom. The topological polar surface area (TPSA) is 21.3 Å². The summed E-state index contributed by atoms with van der Waals surface area (Å²) in [5, 5.41) is 3.34. The van der Waals surface area contributed by atoms with Crippen molar-refractivity contribution in [2.45, 2.75) is 26.2 Å². The molecular weight excluding hydrogens is 138 g/mol. The van der Waals surface area contributed by atoms with Gasteiger partial charge in [-0.3, -0.25) is 0 Å². The molecule has 2 nitrogen and oxygen atoms in total. The van der Waals surface area contributed by atoms with Gasteiger partial charge in [-0.25, -0.2) is 0 Å². The van der Waals surface area contributed by atoms with E-state index in [1.807, 2.05) is 6.08 Å². The molecule has 0 aliphatic carbocycles. The summed E-state index contributed by atoms with van der Waals surface area (Å²) < 4.78 is 4.76. The van der Waals surface area contributed by atoms with E-state index in [0.717, 1.165) is 19.5 Å². The Morgan fingerprint density at radius 1 is 1.36 bits per heavy atom. The van der Waals surface area contributed by atoms with Crippen molar-refractivity contribution in [2.24, 2.45) is 0 Å². The Balaban J connectivity index is 2.85. The molecule has 66 valence electrons. The molecule has 1 N–H and O–H groups in total. The summed E-state index contributed by atoms with van der Waals surface area (Å²) in [5.41, 5.74) is 0. The second-order valence-electron chi connectivity index (χ2n) is 2.50. The first-order valence-corrected chi connectivity index (χ1v) is 4.30. The Bertz CT molecular complexity index is 91.6. The Hall–Kier alpha value is -0.500. The van der Waals surface area contributed by atoms with Crippen LogP contribution >= 0.6 is 0 Å². The average molecular weight is 157 g/mol. The molecule has 2 heteroatoms. The van der Waals surface area contributed by atoms with E-state index < -0.39 is 0 Å². The predicted molar refractivity (Wildman–Crippen MR) is 48.5 cm³/mol. The normalized spacial score (nSPS) is 10.7. The SMILES string of the molecule is CCCCNCCC=COC. The summed E-state index contributed by atoms with van der Waals surface area (Å²) >= 11 is 0. The molecule has 0 aromatic carbocycles. The maximum absolute atomic E-state index is 4.76. The molecule has 0 aliphatic rings. The lowest BCUT2D eigenvalue weighted by Crippen LogP contribution is -2.15. The Kier molecular flexibility index (Phi) is 9.07. The first-order chi connectivity index (χ1) is 5.41. The quantitative estimate of drug-likeness (QED) is 0.450. The van der Waals surface area contributed by atoms with Crippen LogP contribution in [-0.2, 0) is 4.74 Å². The van der Waals surface area contributed by atoms with Gasteiger partial charge in [-0.05, 0) is 32.0 Å². The van der Waals surface area contributed by atoms with Gasteiger partial charge < -0.3 is 10.1 Å². The molecule has 0 amide bonds. The summed E-state index contributed by atoms with van der Waals surface area (Å²) in [7, 11) is 1.67. The lowest BCUT2D eigenvalue weighted by molar-refractivity contribution is 0.336. The Morgan fingerprint density at radius 2 is 2.18 bits per heavy atom. The van der Waals surface area contributed by atoms with E-state index in [1.54, 1.807) is 13.4 Å². The zero-order valence-corrected chi connectivity index (χ0v) is 7.60. The molecule has 0 unspecified atom stereocenters. The average Bonchev–Trinajstić information content (AvgIpc) is 2.03. The largest absolute Gasteiger partial charge is 0.505 e. The summed E-state index contributed by atoms with van der Waals surface area (Å²) in [4.78, 5) is 0. The maximum Gasteiger partial charge on any atom is 0.0785 e. The third-order valence-electron chi connectivity index (χ3n) is 1.43. The lowest BCUT2D eigenvalue weighted by Gasteiger charge is -1.99. The van der Waals surface area contributed by atoms with Crippen LogP contribution in [0.5, 0.6) is 0 Å². The van der Waals surface area contributed by atoms with Crippen molar-refractivity contribution in [1.29, 1.82) is 0 Å². The number of hydrogen-bond acceptors (Lipinski definition) is 2. The summed E-state index contributed by atoms with van der Waals surface area (Å²) in [6.07, 6.45) is 7.34. The van der Waals surface area contributed by atoms with Crippen molar-refractivity contribution < 1.29 is 4.74 Å². The van der Waals surface area contributed by atoms with E-state index in [-0.39, 0.29) is 0 Å². The highest BCUT2D eigenvalue weighted by atomic mass is 16.5. The molecule has 0 saturated heterocycles. The second kappa shape index (κ2) is 9.50. The van der Waals surface area contributed by atoms with Crippen LogP contribution in [-0.4, -0.2) is 20.2 Å². The molecule has 0 radical (unpaired) electrons. The molecule has 0 aliphatic heterocycles. The number of nitrogens with one attached hydrogen (secondary N) is 1. The van der Waals surface area contributed by atoms with Crippen molar-refractivity contribution in [2.75, 3.05) is 20.2 Å². The molecule has 11 heavy (non-hydrogen) atoms. The molecule has 0 heterocycles. The number of hydrogen-bond donors (Lipinski definition) is 1. The van der Waals surface area contributed by atoms with Crippen LogP contribution in [0.1, 0.15) is 26.2 Å². The van der Waals surface area contributed by atoms with Gasteiger partial charge in [0.15, 0.2) is 0 Å². The van der Waals surface area contributed by atoms with Crippen LogP contribution < -0.4 is 5.32 Å². The van der Waals surface area contributed by atoms with Crippen molar-refractivity contribution in [3.8, 4) is 0 Å². The number of rotatable bonds is 7. The molecule has 0 fully saturated rings. The van der Waals surface area contributed by atoms with Gasteiger partial charge in [0.1, 0.15) is 0 Å². The minimum Gasteiger partial charge on any atom is -0.505 e. The molecule has 0 aromatic rings. The zero-order chi connectivity index (χ0) is 8.36. The van der Waals surface area contributed by atoms with E-state index in [4.69, 9.17) is 4.74 Å². The fraction of sp³-hybridized carbons (Fsp3) is 0.778. The molecular formula is C9H19NO. The predicted octanol–water partition coefficient (Wildman–Crippen LogP) is 1.93. The summed E-state index contributed by atoms with van der Waals surface area (Å²) in [5.74, 6) is 0. The fourth-order valence-electron chi connectivity index (χ4n) is 0.776. The van der Waals surface area contributed by atoms with Gasteiger partial charge in [0.05, 0.1) is 13.4 Å². The standard InChI is InChI=1S/C9H19NO/c1-3-4-7-10-8-5-6-9-11-2/h6,9-10H,3-5,7-8H2,1-2H3. The van der Waals surface area contributed by atoms with E-state index in [0.29, 0.717) is 0 Å². The highest BCUT2D eigenvalue weighted by Gasteiger charge is 1.82. The van der Waals surface area contributed by atoms with Crippen LogP contribution in [0.3, 0.4) is 0 Å². The van der Waals surface area contributed by atoms with Crippen molar-refractivity contribution in [3.63, 3.8) is 0 Å². The summed E-state index contributed by atoms with van der Waals surface area (Å²) in [6.45, 7) is 4.39. The zero-order valence-electron chi connectivity index (χ0n) is 7.60. The Labute approximate surface area is 69.6 Å². The van der Waals surface area contributed by atoms with Gasteiger partial charge in [-0.2, -0.15) is 0 Å². The molecule has 0 atom stereocenters. The van der Waals surface area contributed by atoms with Gasteiger partial charge in [0.25, 0.3) is 0 Å². The van der Waals surface area contributed by atoms with Gasteiger partial charge >= 0.3 is 0 Å². The molecule has 0 spiro atoms. The minimum absolute atomic E-state index is 1.05. The van der Waals surface area contributed by atoms with Crippen LogP contribution in [0, 0.1) is 0 Å². The van der Waals surface area contributed by atoms with E-state index in [2.05, 4.69) is 12.2 Å². The fourth-order valence-corrected chi connectivity index (χ4v) is 0.776. The third kappa shape index (κ3) is 9.50. The van der Waals surface area contributed by atoms with Gasteiger partial charge in [0, 0.05) is 0 Å². The third-order valence-corrected chi connectivity index (χ3v) is 1.43. The van der Waals surface area contributed by atoms with Crippen molar-refractivity contribution >= 4 is 0 Å². The molecule has 0 saturated carbocycles. The minimum atomic E-state index is 1.05. The van der Waals surface area contributed by atoms with E-state index in [9.17, 15) is 0 Å². The van der Waals surface area contributed by atoms with E-state index >= 15 is 0 Å². The number of ether oxygens (including phenoxy) is 1. The smallest absolute Gasteiger partial charge is 0.0785 e. The van der Waals surface area contributed by atoms with Crippen molar-refractivity contribution in [3.05, 3.63) is 12.3 Å². The van der Waals surface area contributed by atoms with Gasteiger partial charge in [-0.1, -0.05) is 13.3 Å². The van der Waals surface area contributed by atoms with Crippen LogP contribution in [0.4, 0.5) is 0 Å².